The van der Waals surface area contributed by atoms with Gasteiger partial charge in [0.1, 0.15) is 0 Å². The van der Waals surface area contributed by atoms with Gasteiger partial charge in [-0.1, -0.05) is 0 Å². The Balaban J connectivity index is 1.80. The van der Waals surface area contributed by atoms with E-state index in [9.17, 15) is 0 Å². The zero-order valence-electron chi connectivity index (χ0n) is 9.83. The molecule has 1 fully saturated rings. The van der Waals surface area contributed by atoms with E-state index < -0.39 is 0 Å². The number of nitrogens with one attached hydrogen (secondary N) is 1. The van der Waals surface area contributed by atoms with E-state index in [-0.39, 0.29) is 0 Å². The summed E-state index contributed by atoms with van der Waals surface area (Å²) in [4.78, 5) is 0. The van der Waals surface area contributed by atoms with Gasteiger partial charge in [0.2, 0.25) is 0 Å². The predicted octanol–water partition coefficient (Wildman–Crippen LogP) is 2.42. The second-order valence-electron chi connectivity index (χ2n) is 4.58. The Kier molecular flexibility index (Phi) is 3.67. The Labute approximate surface area is 97.0 Å². The molecule has 0 aliphatic carbocycles. The third kappa shape index (κ3) is 3.14. The summed E-state index contributed by atoms with van der Waals surface area (Å²) < 4.78 is 5.35. The van der Waals surface area contributed by atoms with Crippen LogP contribution in [-0.4, -0.2) is 19.8 Å². The van der Waals surface area contributed by atoms with Crippen molar-refractivity contribution in [3.63, 3.8) is 0 Å². The summed E-state index contributed by atoms with van der Waals surface area (Å²) in [6.07, 6.45) is 2.38. The minimum Gasteiger partial charge on any atom is -0.399 e. The van der Waals surface area contributed by atoms with Gasteiger partial charge in [-0.3, -0.25) is 0 Å². The molecule has 3 nitrogen and oxygen atoms in total. The normalized spacial score (nSPS) is 19.9. The van der Waals surface area contributed by atoms with Gasteiger partial charge in [-0.15, -0.1) is 0 Å². The molecular weight excluding hydrogens is 200 g/mol. The van der Waals surface area contributed by atoms with E-state index >= 15 is 0 Å². The molecule has 2 rings (SSSR count). The van der Waals surface area contributed by atoms with E-state index in [1.54, 1.807) is 0 Å². The monoisotopic (exact) mass is 220 g/mol. The highest BCUT2D eigenvalue weighted by Crippen LogP contribution is 2.18. The van der Waals surface area contributed by atoms with Crippen LogP contribution in [0.5, 0.6) is 0 Å². The summed E-state index contributed by atoms with van der Waals surface area (Å²) in [5.41, 5.74) is 8.94. The highest BCUT2D eigenvalue weighted by atomic mass is 16.5. The fraction of sp³-hybridized carbons (Fsp3) is 0.538. The third-order valence-corrected chi connectivity index (χ3v) is 3.01. The lowest BCUT2D eigenvalue weighted by Crippen LogP contribution is -2.09. The van der Waals surface area contributed by atoms with E-state index in [1.165, 1.54) is 18.4 Å². The minimum absolute atomic E-state index is 0.731. The zero-order chi connectivity index (χ0) is 11.4. The molecule has 0 bridgehead atoms. The van der Waals surface area contributed by atoms with Crippen LogP contribution in [0.3, 0.4) is 0 Å². The van der Waals surface area contributed by atoms with Gasteiger partial charge in [0.25, 0.3) is 0 Å². The largest absolute Gasteiger partial charge is 0.399 e. The molecule has 1 atom stereocenters. The second kappa shape index (κ2) is 5.21. The molecule has 1 aliphatic rings. The Bertz CT molecular complexity index is 326. The summed E-state index contributed by atoms with van der Waals surface area (Å²) in [6, 6.07) is 6.09. The number of ether oxygens (including phenoxy) is 1. The van der Waals surface area contributed by atoms with Crippen molar-refractivity contribution in [2.45, 2.75) is 19.8 Å². The van der Waals surface area contributed by atoms with E-state index in [4.69, 9.17) is 10.5 Å². The molecule has 1 saturated heterocycles. The quantitative estimate of drug-likeness (QED) is 0.766. The average molecular weight is 220 g/mol. The molecule has 3 N–H and O–H groups in total. The summed E-state index contributed by atoms with van der Waals surface area (Å²) in [6.45, 7) is 4.92. The van der Waals surface area contributed by atoms with Crippen molar-refractivity contribution in [3.8, 4) is 0 Å². The van der Waals surface area contributed by atoms with Gasteiger partial charge >= 0.3 is 0 Å². The molecule has 1 aliphatic heterocycles. The van der Waals surface area contributed by atoms with Gasteiger partial charge in [0, 0.05) is 31.1 Å². The summed E-state index contributed by atoms with van der Waals surface area (Å²) in [5, 5.41) is 3.42. The van der Waals surface area contributed by atoms with Crippen molar-refractivity contribution in [1.29, 1.82) is 0 Å². The molecule has 16 heavy (non-hydrogen) atoms. The van der Waals surface area contributed by atoms with Crippen molar-refractivity contribution >= 4 is 11.4 Å². The SMILES string of the molecule is Cc1cc(N)cc(NCCC2CCOC2)c1. The zero-order valence-corrected chi connectivity index (χ0v) is 9.83. The predicted molar refractivity (Wildman–Crippen MR) is 67.6 cm³/mol. The summed E-state index contributed by atoms with van der Waals surface area (Å²) in [5.74, 6) is 0.731. The molecule has 0 saturated carbocycles. The fourth-order valence-electron chi connectivity index (χ4n) is 2.15. The maximum atomic E-state index is 5.79. The molecule has 3 heteroatoms. The lowest BCUT2D eigenvalue weighted by Gasteiger charge is -2.11. The van der Waals surface area contributed by atoms with Crippen molar-refractivity contribution in [1.82, 2.24) is 0 Å². The molecule has 88 valence electrons. The van der Waals surface area contributed by atoms with Crippen molar-refractivity contribution in [3.05, 3.63) is 23.8 Å². The Morgan fingerprint density at radius 2 is 2.31 bits per heavy atom. The summed E-state index contributed by atoms with van der Waals surface area (Å²) in [7, 11) is 0. The van der Waals surface area contributed by atoms with Gasteiger partial charge in [-0.2, -0.15) is 0 Å². The van der Waals surface area contributed by atoms with Crippen molar-refractivity contribution < 1.29 is 4.74 Å². The molecule has 0 spiro atoms. The van der Waals surface area contributed by atoms with Crippen LogP contribution >= 0.6 is 0 Å². The van der Waals surface area contributed by atoms with E-state index in [2.05, 4.69) is 18.3 Å². The van der Waals surface area contributed by atoms with Crippen molar-refractivity contribution in [2.24, 2.45) is 5.92 Å². The topological polar surface area (TPSA) is 47.3 Å². The molecule has 0 aromatic heterocycles. The van der Waals surface area contributed by atoms with Crippen LogP contribution in [0.4, 0.5) is 11.4 Å². The highest BCUT2D eigenvalue weighted by molar-refractivity contribution is 5.56. The number of hydrogen-bond donors (Lipinski definition) is 2. The van der Waals surface area contributed by atoms with Crippen LogP contribution in [0, 0.1) is 12.8 Å². The molecule has 1 aromatic carbocycles. The summed E-state index contributed by atoms with van der Waals surface area (Å²) >= 11 is 0. The first kappa shape index (κ1) is 11.3. The van der Waals surface area contributed by atoms with E-state index in [1.807, 2.05) is 12.1 Å². The van der Waals surface area contributed by atoms with Gasteiger partial charge in [-0.25, -0.2) is 0 Å². The fourth-order valence-corrected chi connectivity index (χ4v) is 2.15. The Morgan fingerprint density at radius 3 is 3.00 bits per heavy atom. The van der Waals surface area contributed by atoms with Crippen LogP contribution in [0.2, 0.25) is 0 Å². The van der Waals surface area contributed by atoms with Crippen LogP contribution in [0.25, 0.3) is 0 Å². The number of anilines is 2. The Hall–Kier alpha value is -1.22. The molecule has 0 radical (unpaired) electrons. The van der Waals surface area contributed by atoms with E-state index in [0.29, 0.717) is 0 Å². The number of hydrogen-bond acceptors (Lipinski definition) is 3. The number of nitrogen functional groups attached to an aromatic ring is 1. The van der Waals surface area contributed by atoms with Crippen molar-refractivity contribution in [2.75, 3.05) is 30.8 Å². The molecule has 0 amide bonds. The standard InChI is InChI=1S/C13H20N2O/c1-10-6-12(14)8-13(7-10)15-4-2-11-3-5-16-9-11/h6-8,11,15H,2-5,9,14H2,1H3. The first-order valence-corrected chi connectivity index (χ1v) is 5.93. The van der Waals surface area contributed by atoms with Gasteiger partial charge in [0.15, 0.2) is 0 Å². The highest BCUT2D eigenvalue weighted by Gasteiger charge is 2.14. The molecule has 1 unspecified atom stereocenters. The van der Waals surface area contributed by atoms with Crippen LogP contribution in [-0.2, 0) is 4.74 Å². The average Bonchev–Trinajstić information content (AvgIpc) is 2.69. The van der Waals surface area contributed by atoms with E-state index in [0.717, 1.165) is 37.1 Å². The second-order valence-corrected chi connectivity index (χ2v) is 4.58. The van der Waals surface area contributed by atoms with Crippen LogP contribution in [0.15, 0.2) is 18.2 Å². The molecule has 1 aromatic rings. The number of rotatable bonds is 4. The lowest BCUT2D eigenvalue weighted by atomic mass is 10.1. The minimum atomic E-state index is 0.731. The first-order valence-electron chi connectivity index (χ1n) is 5.93. The first-order chi connectivity index (χ1) is 7.74. The van der Waals surface area contributed by atoms with Crippen LogP contribution < -0.4 is 11.1 Å². The van der Waals surface area contributed by atoms with Gasteiger partial charge < -0.3 is 15.8 Å². The number of nitrogens with two attached hydrogens (primary N) is 1. The maximum absolute atomic E-state index is 5.79. The van der Waals surface area contributed by atoms with Gasteiger partial charge in [0.05, 0.1) is 0 Å². The smallest absolute Gasteiger partial charge is 0.0495 e. The Morgan fingerprint density at radius 1 is 1.44 bits per heavy atom. The molecule has 1 heterocycles. The third-order valence-electron chi connectivity index (χ3n) is 3.01. The lowest BCUT2D eigenvalue weighted by molar-refractivity contribution is 0.185. The van der Waals surface area contributed by atoms with Crippen LogP contribution in [0.1, 0.15) is 18.4 Å². The molecular formula is C13H20N2O. The van der Waals surface area contributed by atoms with Gasteiger partial charge in [-0.05, 0) is 49.4 Å². The number of benzene rings is 1. The maximum Gasteiger partial charge on any atom is 0.0495 e. The number of aryl methyl sites for hydroxylation is 1.